The Morgan fingerprint density at radius 2 is 2.05 bits per heavy atom. The van der Waals surface area contributed by atoms with E-state index in [1.165, 1.54) is 17.0 Å². The van der Waals surface area contributed by atoms with Gasteiger partial charge in [0.2, 0.25) is 0 Å². The lowest BCUT2D eigenvalue weighted by Crippen LogP contribution is -2.54. The van der Waals surface area contributed by atoms with E-state index >= 15 is 0 Å². The second kappa shape index (κ2) is 5.44. The van der Waals surface area contributed by atoms with Crippen LogP contribution in [0.25, 0.3) is 0 Å². The van der Waals surface area contributed by atoms with Gasteiger partial charge < -0.3 is 15.3 Å². The van der Waals surface area contributed by atoms with Gasteiger partial charge in [-0.3, -0.25) is 4.79 Å². The van der Waals surface area contributed by atoms with Crippen LogP contribution in [-0.2, 0) is 4.79 Å². The molecule has 0 aromatic heterocycles. The average molecular weight is 284 g/mol. The molecule has 1 aliphatic rings. The van der Waals surface area contributed by atoms with Gasteiger partial charge in [0.25, 0.3) is 0 Å². The number of urea groups is 1. The van der Waals surface area contributed by atoms with Gasteiger partial charge in [0.05, 0.1) is 11.6 Å². The second-order valence-corrected chi connectivity index (χ2v) is 4.82. The lowest BCUT2D eigenvalue weighted by atomic mass is 9.87. The smallest absolute Gasteiger partial charge is 0.321 e. The number of aliphatic carboxylic acids is 1. The summed E-state index contributed by atoms with van der Waals surface area (Å²) in [5.41, 5.74) is -0.232. The van der Waals surface area contributed by atoms with Gasteiger partial charge in [-0.1, -0.05) is 13.0 Å². The predicted octanol–water partition coefficient (Wildman–Crippen LogP) is 2.15. The SMILES string of the molecule is CC(C(=O)O)C1CN(C(=O)Nc2cccc(F)c2F)C1. The van der Waals surface area contributed by atoms with Crippen molar-refractivity contribution in [1.29, 1.82) is 0 Å². The number of hydrogen-bond acceptors (Lipinski definition) is 2. The largest absolute Gasteiger partial charge is 0.481 e. The van der Waals surface area contributed by atoms with Crippen LogP contribution in [0.2, 0.25) is 0 Å². The fourth-order valence-corrected chi connectivity index (χ4v) is 1.99. The third-order valence-corrected chi connectivity index (χ3v) is 3.49. The van der Waals surface area contributed by atoms with Crippen LogP contribution in [-0.4, -0.2) is 35.1 Å². The van der Waals surface area contributed by atoms with Crippen molar-refractivity contribution < 1.29 is 23.5 Å². The van der Waals surface area contributed by atoms with Crippen LogP contribution in [0.4, 0.5) is 19.3 Å². The van der Waals surface area contributed by atoms with Crippen LogP contribution in [0.1, 0.15) is 6.92 Å². The number of nitrogens with zero attached hydrogens (tertiary/aromatic N) is 1. The van der Waals surface area contributed by atoms with Crippen molar-refractivity contribution in [1.82, 2.24) is 4.90 Å². The van der Waals surface area contributed by atoms with Gasteiger partial charge in [-0.2, -0.15) is 0 Å². The maximum Gasteiger partial charge on any atom is 0.321 e. The van der Waals surface area contributed by atoms with Crippen LogP contribution >= 0.6 is 0 Å². The molecule has 1 atom stereocenters. The Labute approximate surface area is 114 Å². The van der Waals surface area contributed by atoms with E-state index in [9.17, 15) is 18.4 Å². The van der Waals surface area contributed by atoms with Crippen LogP contribution in [0, 0.1) is 23.5 Å². The van der Waals surface area contributed by atoms with E-state index in [1.54, 1.807) is 6.92 Å². The Morgan fingerprint density at radius 3 is 2.65 bits per heavy atom. The molecular weight excluding hydrogens is 270 g/mol. The first-order valence-electron chi connectivity index (χ1n) is 6.13. The second-order valence-electron chi connectivity index (χ2n) is 4.82. The minimum absolute atomic E-state index is 0.115. The fourth-order valence-electron chi connectivity index (χ4n) is 1.99. The number of benzene rings is 1. The topological polar surface area (TPSA) is 69.6 Å². The molecule has 1 aromatic rings. The number of anilines is 1. The van der Waals surface area contributed by atoms with Crippen LogP contribution in [0.15, 0.2) is 18.2 Å². The molecule has 5 nitrogen and oxygen atoms in total. The first-order chi connectivity index (χ1) is 9.40. The summed E-state index contributed by atoms with van der Waals surface area (Å²) >= 11 is 0. The molecule has 0 radical (unpaired) electrons. The summed E-state index contributed by atoms with van der Waals surface area (Å²) < 4.78 is 26.4. The summed E-state index contributed by atoms with van der Waals surface area (Å²) in [4.78, 5) is 23.9. The zero-order valence-electron chi connectivity index (χ0n) is 10.8. The summed E-state index contributed by atoms with van der Waals surface area (Å²) in [7, 11) is 0. The zero-order valence-corrected chi connectivity index (χ0v) is 10.8. The maximum atomic E-state index is 13.4. The standard InChI is InChI=1S/C13H14F2N2O3/c1-7(12(18)19)8-5-17(6-8)13(20)16-10-4-2-3-9(14)11(10)15/h2-4,7-8H,5-6H2,1H3,(H,16,20)(H,18,19). The zero-order chi connectivity index (χ0) is 14.9. The van der Waals surface area contributed by atoms with E-state index in [4.69, 9.17) is 5.11 Å². The number of nitrogens with one attached hydrogen (secondary N) is 1. The Kier molecular flexibility index (Phi) is 3.87. The molecule has 1 unspecified atom stereocenters. The number of carbonyl (C=O) groups is 2. The van der Waals surface area contributed by atoms with Crippen LogP contribution < -0.4 is 5.32 Å². The van der Waals surface area contributed by atoms with E-state index in [-0.39, 0.29) is 24.7 Å². The molecule has 1 fully saturated rings. The number of carboxylic acid groups (broad SMARTS) is 1. The molecule has 2 rings (SSSR count). The lowest BCUT2D eigenvalue weighted by Gasteiger charge is -2.41. The van der Waals surface area contributed by atoms with Crippen molar-refractivity contribution in [3.8, 4) is 0 Å². The Bertz CT molecular complexity index is 544. The number of halogens is 2. The molecule has 1 aromatic carbocycles. The molecular formula is C13H14F2N2O3. The Hall–Kier alpha value is -2.18. The highest BCUT2D eigenvalue weighted by Crippen LogP contribution is 2.25. The Balaban J connectivity index is 1.92. The molecule has 1 heterocycles. The van der Waals surface area contributed by atoms with Crippen LogP contribution in [0.3, 0.4) is 0 Å². The predicted molar refractivity (Wildman–Crippen MR) is 67.2 cm³/mol. The van der Waals surface area contributed by atoms with E-state index in [2.05, 4.69) is 5.32 Å². The number of amides is 2. The Morgan fingerprint density at radius 1 is 1.40 bits per heavy atom. The summed E-state index contributed by atoms with van der Waals surface area (Å²) in [6, 6.07) is 2.94. The van der Waals surface area contributed by atoms with Crippen molar-refractivity contribution in [3.05, 3.63) is 29.8 Å². The molecule has 20 heavy (non-hydrogen) atoms. The molecule has 108 valence electrons. The minimum atomic E-state index is -1.11. The molecule has 1 saturated heterocycles. The number of rotatable bonds is 3. The maximum absolute atomic E-state index is 13.4. The molecule has 0 saturated carbocycles. The van der Waals surface area contributed by atoms with Gasteiger partial charge in [0.1, 0.15) is 0 Å². The van der Waals surface area contributed by atoms with Crippen molar-refractivity contribution in [2.24, 2.45) is 11.8 Å². The van der Waals surface area contributed by atoms with Gasteiger partial charge in [0, 0.05) is 19.0 Å². The summed E-state index contributed by atoms with van der Waals surface area (Å²) in [6.07, 6.45) is 0. The lowest BCUT2D eigenvalue weighted by molar-refractivity contribution is -0.144. The average Bonchev–Trinajstić information content (AvgIpc) is 2.33. The van der Waals surface area contributed by atoms with Crippen molar-refractivity contribution in [2.75, 3.05) is 18.4 Å². The summed E-state index contributed by atoms with van der Waals surface area (Å²) in [5, 5.41) is 11.1. The molecule has 1 aliphatic heterocycles. The molecule has 7 heteroatoms. The molecule has 0 spiro atoms. The fraction of sp³-hybridized carbons (Fsp3) is 0.385. The molecule has 2 amide bonds. The quantitative estimate of drug-likeness (QED) is 0.893. The number of carboxylic acids is 1. The molecule has 0 bridgehead atoms. The highest BCUT2D eigenvalue weighted by molar-refractivity contribution is 5.90. The normalized spacial score (nSPS) is 16.4. The highest BCUT2D eigenvalue weighted by atomic mass is 19.2. The van der Waals surface area contributed by atoms with Crippen LogP contribution in [0.5, 0.6) is 0 Å². The number of hydrogen-bond donors (Lipinski definition) is 2. The number of carbonyl (C=O) groups excluding carboxylic acids is 1. The number of likely N-dealkylation sites (tertiary alicyclic amines) is 1. The van der Waals surface area contributed by atoms with Crippen molar-refractivity contribution in [2.45, 2.75) is 6.92 Å². The van der Waals surface area contributed by atoms with Crippen molar-refractivity contribution in [3.63, 3.8) is 0 Å². The van der Waals surface area contributed by atoms with E-state index in [0.29, 0.717) is 0 Å². The third kappa shape index (κ3) is 2.71. The van der Waals surface area contributed by atoms with Crippen molar-refractivity contribution >= 4 is 17.7 Å². The van der Waals surface area contributed by atoms with Gasteiger partial charge >= 0.3 is 12.0 Å². The monoisotopic (exact) mass is 284 g/mol. The van der Waals surface area contributed by atoms with E-state index in [0.717, 1.165) is 6.07 Å². The summed E-state index contributed by atoms with van der Waals surface area (Å²) in [6.45, 7) is 2.15. The minimum Gasteiger partial charge on any atom is -0.481 e. The van der Waals surface area contributed by atoms with Gasteiger partial charge in [0.15, 0.2) is 11.6 Å². The van der Waals surface area contributed by atoms with E-state index < -0.39 is 29.6 Å². The third-order valence-electron chi connectivity index (χ3n) is 3.49. The summed E-state index contributed by atoms with van der Waals surface area (Å²) in [5.74, 6) is -3.72. The van der Waals surface area contributed by atoms with Gasteiger partial charge in [-0.05, 0) is 12.1 Å². The van der Waals surface area contributed by atoms with Gasteiger partial charge in [-0.15, -0.1) is 0 Å². The first kappa shape index (κ1) is 14.2. The highest BCUT2D eigenvalue weighted by Gasteiger charge is 2.37. The van der Waals surface area contributed by atoms with Gasteiger partial charge in [-0.25, -0.2) is 13.6 Å². The molecule has 0 aliphatic carbocycles. The first-order valence-corrected chi connectivity index (χ1v) is 6.13. The van der Waals surface area contributed by atoms with E-state index in [1.807, 2.05) is 0 Å². The molecule has 2 N–H and O–H groups in total.